The number of hydrogen-bond donors (Lipinski definition) is 2. The van der Waals surface area contributed by atoms with Crippen LogP contribution in [-0.2, 0) is 17.1 Å². The Morgan fingerprint density at radius 3 is 2.32 bits per heavy atom. The summed E-state index contributed by atoms with van der Waals surface area (Å²) in [6.45, 7) is 3.18. The van der Waals surface area contributed by atoms with Crippen LogP contribution >= 0.6 is 0 Å². The van der Waals surface area contributed by atoms with Crippen LogP contribution in [0.25, 0.3) is 5.69 Å². The Hall–Kier alpha value is -3.33. The van der Waals surface area contributed by atoms with Gasteiger partial charge in [0, 0.05) is 7.05 Å². The van der Waals surface area contributed by atoms with Gasteiger partial charge < -0.3 is 5.11 Å². The van der Waals surface area contributed by atoms with Crippen molar-refractivity contribution in [1.82, 2.24) is 9.36 Å². The van der Waals surface area contributed by atoms with Gasteiger partial charge in [-0.05, 0) is 43.7 Å². The molecule has 8 nitrogen and oxygen atoms in total. The van der Waals surface area contributed by atoms with E-state index in [4.69, 9.17) is 5.11 Å². The third-order valence-corrected chi connectivity index (χ3v) is 6.01. The van der Waals surface area contributed by atoms with Crippen LogP contribution in [0.4, 0.5) is 5.69 Å². The normalized spacial score (nSPS) is 11.4. The molecule has 0 saturated carbocycles. The van der Waals surface area contributed by atoms with E-state index in [0.29, 0.717) is 16.9 Å². The monoisotopic (exact) mass is 401 g/mol. The van der Waals surface area contributed by atoms with Crippen molar-refractivity contribution >= 4 is 21.7 Å². The highest BCUT2D eigenvalue weighted by Crippen LogP contribution is 2.22. The SMILES string of the molecule is Cc1ccc(C(=O)O)cc1S(=O)(=O)Nc1c(C)n(C)n(-c2ccccc2)c1=O. The number of carboxylic acids is 1. The van der Waals surface area contributed by atoms with E-state index in [2.05, 4.69) is 4.72 Å². The lowest BCUT2D eigenvalue weighted by atomic mass is 10.1. The number of carboxylic acid groups (broad SMARTS) is 1. The highest BCUT2D eigenvalue weighted by Gasteiger charge is 2.24. The van der Waals surface area contributed by atoms with Crippen LogP contribution in [-0.4, -0.2) is 28.9 Å². The van der Waals surface area contributed by atoms with E-state index in [0.717, 1.165) is 6.07 Å². The largest absolute Gasteiger partial charge is 0.478 e. The summed E-state index contributed by atoms with van der Waals surface area (Å²) >= 11 is 0. The van der Waals surface area contributed by atoms with Crippen LogP contribution < -0.4 is 10.3 Å². The van der Waals surface area contributed by atoms with Crippen LogP contribution in [0.5, 0.6) is 0 Å². The molecule has 3 aromatic rings. The lowest BCUT2D eigenvalue weighted by Crippen LogP contribution is -2.23. The van der Waals surface area contributed by atoms with Gasteiger partial charge in [0.2, 0.25) is 0 Å². The van der Waals surface area contributed by atoms with Gasteiger partial charge in [0.15, 0.2) is 0 Å². The van der Waals surface area contributed by atoms with E-state index >= 15 is 0 Å². The Kier molecular flexibility index (Phi) is 4.86. The summed E-state index contributed by atoms with van der Waals surface area (Å²) in [6.07, 6.45) is 0. The molecule has 1 aromatic heterocycles. The fraction of sp³-hybridized carbons (Fsp3) is 0.158. The Balaban J connectivity index is 2.11. The number of aromatic nitrogens is 2. The number of sulfonamides is 1. The zero-order chi connectivity index (χ0) is 20.6. The van der Waals surface area contributed by atoms with Gasteiger partial charge in [-0.1, -0.05) is 24.3 Å². The molecular weight excluding hydrogens is 382 g/mol. The molecular formula is C19H19N3O5S. The standard InChI is InChI=1S/C19H19N3O5S/c1-12-9-10-14(19(24)25)11-16(12)28(26,27)20-17-13(2)21(3)22(18(17)23)15-7-5-4-6-8-15/h4-11,20H,1-3H3,(H,24,25). The number of rotatable bonds is 5. The van der Waals surface area contributed by atoms with Crippen molar-refractivity contribution in [3.05, 3.63) is 75.7 Å². The number of para-hydroxylation sites is 1. The fourth-order valence-corrected chi connectivity index (χ4v) is 4.29. The average molecular weight is 401 g/mol. The van der Waals surface area contributed by atoms with E-state index in [1.54, 1.807) is 49.8 Å². The van der Waals surface area contributed by atoms with Gasteiger partial charge in [0.05, 0.1) is 21.8 Å². The van der Waals surface area contributed by atoms with Crippen molar-refractivity contribution < 1.29 is 18.3 Å². The Morgan fingerprint density at radius 1 is 1.07 bits per heavy atom. The van der Waals surface area contributed by atoms with Crippen molar-refractivity contribution in [3.63, 3.8) is 0 Å². The molecule has 0 radical (unpaired) electrons. The van der Waals surface area contributed by atoms with E-state index in [1.807, 2.05) is 6.07 Å². The number of benzene rings is 2. The third-order valence-electron chi connectivity index (χ3n) is 4.52. The van der Waals surface area contributed by atoms with Gasteiger partial charge >= 0.3 is 5.97 Å². The van der Waals surface area contributed by atoms with Gasteiger partial charge in [0.1, 0.15) is 5.69 Å². The number of aryl methyl sites for hydroxylation is 1. The minimum absolute atomic E-state index is 0.0912. The minimum Gasteiger partial charge on any atom is -0.478 e. The molecule has 0 aliphatic rings. The Labute approximate surface area is 161 Å². The fourth-order valence-electron chi connectivity index (χ4n) is 2.90. The smallest absolute Gasteiger partial charge is 0.335 e. The van der Waals surface area contributed by atoms with Gasteiger partial charge in [-0.2, -0.15) is 0 Å². The second kappa shape index (κ2) is 7.01. The summed E-state index contributed by atoms with van der Waals surface area (Å²) in [7, 11) is -2.52. The van der Waals surface area contributed by atoms with Crippen molar-refractivity contribution in [2.24, 2.45) is 7.05 Å². The van der Waals surface area contributed by atoms with E-state index < -0.39 is 21.6 Å². The van der Waals surface area contributed by atoms with E-state index in [-0.39, 0.29) is 16.1 Å². The average Bonchev–Trinajstić information content (AvgIpc) is 2.85. The third kappa shape index (κ3) is 3.31. The molecule has 2 aromatic carbocycles. The lowest BCUT2D eigenvalue weighted by Gasteiger charge is -2.10. The maximum absolute atomic E-state index is 12.9. The van der Waals surface area contributed by atoms with Crippen molar-refractivity contribution in [2.45, 2.75) is 18.7 Å². The first-order valence-electron chi connectivity index (χ1n) is 8.34. The highest BCUT2D eigenvalue weighted by molar-refractivity contribution is 7.92. The van der Waals surface area contributed by atoms with E-state index in [1.165, 1.54) is 16.8 Å². The summed E-state index contributed by atoms with van der Waals surface area (Å²) in [6, 6.07) is 12.6. The molecule has 0 atom stereocenters. The van der Waals surface area contributed by atoms with Crippen LogP contribution in [0.1, 0.15) is 21.6 Å². The van der Waals surface area contributed by atoms with Crippen LogP contribution in [0.2, 0.25) is 0 Å². The number of aromatic carboxylic acids is 1. The molecule has 9 heteroatoms. The molecule has 1 heterocycles. The summed E-state index contributed by atoms with van der Waals surface area (Å²) in [5, 5.41) is 9.14. The minimum atomic E-state index is -4.17. The predicted octanol–water partition coefficient (Wildman–Crippen LogP) is 2.29. The zero-order valence-corrected chi connectivity index (χ0v) is 16.3. The Morgan fingerprint density at radius 2 is 1.71 bits per heavy atom. The zero-order valence-electron chi connectivity index (χ0n) is 15.5. The van der Waals surface area contributed by atoms with Crippen molar-refractivity contribution in [2.75, 3.05) is 4.72 Å². The number of nitrogens with zero attached hydrogens (tertiary/aromatic N) is 2. The van der Waals surface area contributed by atoms with Gasteiger partial charge in [-0.3, -0.25) is 14.2 Å². The maximum Gasteiger partial charge on any atom is 0.335 e. The molecule has 0 bridgehead atoms. The maximum atomic E-state index is 12.9. The van der Waals surface area contributed by atoms with Crippen LogP contribution in [0, 0.1) is 13.8 Å². The molecule has 2 N–H and O–H groups in total. The molecule has 0 saturated heterocycles. The molecule has 3 rings (SSSR count). The van der Waals surface area contributed by atoms with Crippen molar-refractivity contribution in [3.8, 4) is 5.69 Å². The number of nitrogens with one attached hydrogen (secondary N) is 1. The first-order valence-corrected chi connectivity index (χ1v) is 9.82. The predicted molar refractivity (Wildman–Crippen MR) is 105 cm³/mol. The lowest BCUT2D eigenvalue weighted by molar-refractivity contribution is 0.0696. The molecule has 146 valence electrons. The molecule has 0 fully saturated rings. The quantitative estimate of drug-likeness (QED) is 0.682. The van der Waals surface area contributed by atoms with Gasteiger partial charge in [-0.15, -0.1) is 0 Å². The summed E-state index contributed by atoms with van der Waals surface area (Å²) in [5.74, 6) is -1.24. The topological polar surface area (TPSA) is 110 Å². The molecule has 0 amide bonds. The first-order chi connectivity index (χ1) is 13.1. The van der Waals surface area contributed by atoms with Crippen LogP contribution in [0.15, 0.2) is 58.2 Å². The second-order valence-corrected chi connectivity index (χ2v) is 7.98. The second-order valence-electron chi connectivity index (χ2n) is 6.33. The van der Waals surface area contributed by atoms with Gasteiger partial charge in [0.25, 0.3) is 15.6 Å². The molecule has 0 aliphatic carbocycles. The number of hydrogen-bond acceptors (Lipinski definition) is 4. The van der Waals surface area contributed by atoms with Gasteiger partial charge in [-0.25, -0.2) is 17.9 Å². The van der Waals surface area contributed by atoms with Crippen LogP contribution in [0.3, 0.4) is 0 Å². The molecule has 0 spiro atoms. The molecule has 0 unspecified atom stereocenters. The Bertz CT molecular complexity index is 1220. The number of carbonyl (C=O) groups is 1. The summed E-state index contributed by atoms with van der Waals surface area (Å²) in [5.41, 5.74) is 0.609. The number of anilines is 1. The van der Waals surface area contributed by atoms with Crippen molar-refractivity contribution in [1.29, 1.82) is 0 Å². The highest BCUT2D eigenvalue weighted by atomic mass is 32.2. The molecule has 28 heavy (non-hydrogen) atoms. The summed E-state index contributed by atoms with van der Waals surface area (Å²) < 4.78 is 31.0. The first kappa shape index (κ1) is 19.4. The molecule has 0 aliphatic heterocycles. The van der Waals surface area contributed by atoms with E-state index in [9.17, 15) is 18.0 Å². The summed E-state index contributed by atoms with van der Waals surface area (Å²) in [4.78, 5) is 23.9.